The lowest BCUT2D eigenvalue weighted by atomic mass is 9.97. The summed E-state index contributed by atoms with van der Waals surface area (Å²) in [6.07, 6.45) is 18.7. The van der Waals surface area contributed by atoms with Gasteiger partial charge in [0.15, 0.2) is 0 Å². The van der Waals surface area contributed by atoms with Crippen LogP contribution in [0.5, 0.6) is 0 Å². The molecule has 0 saturated carbocycles. The van der Waals surface area contributed by atoms with Gasteiger partial charge in [0.05, 0.1) is 0 Å². The van der Waals surface area contributed by atoms with Crippen molar-refractivity contribution in [1.82, 2.24) is 0 Å². The zero-order valence-electron chi connectivity index (χ0n) is 17.2. The number of hydrogen-bond donors (Lipinski definition) is 0. The van der Waals surface area contributed by atoms with Gasteiger partial charge in [-0.25, -0.2) is 0 Å². The zero-order chi connectivity index (χ0) is 20.3. The van der Waals surface area contributed by atoms with Crippen molar-refractivity contribution < 1.29 is 0 Å². The molecule has 136 valence electrons. The van der Waals surface area contributed by atoms with Gasteiger partial charge in [-0.2, -0.15) is 0 Å². The molecule has 2 aromatic carbocycles. The number of fused-ring (bicyclic) bond motifs is 1. The van der Waals surface area contributed by atoms with E-state index in [0.29, 0.717) is 0 Å². The minimum Gasteiger partial charge on any atom is -0.124 e. The van der Waals surface area contributed by atoms with Crippen molar-refractivity contribution in [3.8, 4) is 12.8 Å². The zero-order valence-corrected chi connectivity index (χ0v) is 17.2. The highest BCUT2D eigenvalue weighted by Crippen LogP contribution is 2.12. The molecular formula is C26H32. The first-order valence-electron chi connectivity index (χ1n) is 9.04. The molecule has 2 rings (SSSR count). The van der Waals surface area contributed by atoms with E-state index in [1.165, 1.54) is 32.3 Å². The van der Waals surface area contributed by atoms with E-state index in [0.717, 1.165) is 10.4 Å². The van der Waals surface area contributed by atoms with Gasteiger partial charge in [-0.05, 0) is 64.9 Å². The maximum Gasteiger partial charge on any atom is -0.00328 e. The fourth-order valence-corrected chi connectivity index (χ4v) is 2.86. The molecule has 26 heavy (non-hydrogen) atoms. The first-order valence-corrected chi connectivity index (χ1v) is 9.04. The topological polar surface area (TPSA) is 0 Å². The van der Waals surface area contributed by atoms with Crippen molar-refractivity contribution in [2.75, 3.05) is 0 Å². The summed E-state index contributed by atoms with van der Waals surface area (Å²) in [7, 11) is 0. The lowest BCUT2D eigenvalue weighted by Crippen LogP contribution is -2.47. The average molecular weight is 345 g/mol. The highest BCUT2D eigenvalue weighted by molar-refractivity contribution is 5.92. The monoisotopic (exact) mass is 344 g/mol. The van der Waals surface area contributed by atoms with Crippen LogP contribution in [0.1, 0.15) is 47.1 Å². The molecule has 0 N–H and O–H groups in total. The van der Waals surface area contributed by atoms with Crippen LogP contribution in [0.25, 0.3) is 42.2 Å². The molecule has 0 aliphatic carbocycles. The number of benzene rings is 2. The number of allylic oxidation sites excluding steroid dienone is 3. The van der Waals surface area contributed by atoms with E-state index in [-0.39, 0.29) is 0 Å². The molecule has 0 bridgehead atoms. The molecule has 0 heteroatoms. The van der Waals surface area contributed by atoms with E-state index in [9.17, 15) is 0 Å². The summed E-state index contributed by atoms with van der Waals surface area (Å²) in [5.41, 5.74) is 2.43. The predicted molar refractivity (Wildman–Crippen MR) is 123 cm³/mol. The molecule has 0 aliphatic rings. The molecule has 0 aromatic heterocycles. The van der Waals surface area contributed by atoms with Crippen LogP contribution < -0.4 is 20.9 Å². The predicted octanol–water partition coefficient (Wildman–Crippen LogP) is 4.52. The maximum absolute atomic E-state index is 4.31. The lowest BCUT2D eigenvalue weighted by molar-refractivity contribution is 1.43. The molecule has 0 amide bonds. The van der Waals surface area contributed by atoms with Crippen molar-refractivity contribution in [3.63, 3.8) is 0 Å². The van der Waals surface area contributed by atoms with Crippen molar-refractivity contribution in [1.29, 1.82) is 0 Å². The molecule has 0 unspecified atom stereocenters. The Labute approximate surface area is 159 Å². The van der Waals surface area contributed by atoms with E-state index >= 15 is 0 Å². The van der Waals surface area contributed by atoms with Gasteiger partial charge in [0.1, 0.15) is 0 Å². The van der Waals surface area contributed by atoms with Crippen molar-refractivity contribution in [3.05, 3.63) is 62.4 Å². The van der Waals surface area contributed by atoms with E-state index in [1.54, 1.807) is 0 Å². The first kappa shape index (κ1) is 23.2. The second-order valence-electron chi connectivity index (χ2n) is 5.52. The first-order chi connectivity index (χ1) is 12.5. The Hall–Kier alpha value is -2.78. The van der Waals surface area contributed by atoms with Crippen LogP contribution in [0, 0.1) is 12.8 Å². The maximum atomic E-state index is 4.31. The van der Waals surface area contributed by atoms with Gasteiger partial charge in [-0.15, -0.1) is 12.8 Å². The SMILES string of the molecule is C#C.C=c1c(=C)c2c(/C=C\C)cccc2c(=C/C)/c1=C/C(C)=C\C.CC. The van der Waals surface area contributed by atoms with E-state index in [4.69, 9.17) is 0 Å². The molecule has 0 radical (unpaired) electrons. The quantitative estimate of drug-likeness (QED) is 0.703. The van der Waals surface area contributed by atoms with Gasteiger partial charge in [0.2, 0.25) is 0 Å². The van der Waals surface area contributed by atoms with E-state index < -0.39 is 0 Å². The molecule has 0 aliphatic heterocycles. The fourth-order valence-electron chi connectivity index (χ4n) is 2.86. The summed E-state index contributed by atoms with van der Waals surface area (Å²) in [6.45, 7) is 20.9. The average Bonchev–Trinajstić information content (AvgIpc) is 2.69. The Kier molecular flexibility index (Phi) is 10.5. The van der Waals surface area contributed by atoms with Crippen molar-refractivity contribution in [2.45, 2.75) is 41.5 Å². The van der Waals surface area contributed by atoms with Gasteiger partial charge in [-0.1, -0.05) is 81.2 Å². The summed E-state index contributed by atoms with van der Waals surface area (Å²) < 4.78 is 0. The van der Waals surface area contributed by atoms with Crippen molar-refractivity contribution in [2.24, 2.45) is 0 Å². The molecule has 0 spiro atoms. The molecule has 0 saturated heterocycles. The minimum atomic E-state index is 1.01. The van der Waals surface area contributed by atoms with Crippen LogP contribution >= 0.6 is 0 Å². The summed E-state index contributed by atoms with van der Waals surface area (Å²) in [5.74, 6) is 0. The van der Waals surface area contributed by atoms with Crippen molar-refractivity contribution >= 4 is 42.2 Å². The van der Waals surface area contributed by atoms with Crippen LogP contribution in [-0.2, 0) is 0 Å². The van der Waals surface area contributed by atoms with Crippen LogP contribution in [-0.4, -0.2) is 0 Å². The van der Waals surface area contributed by atoms with E-state index in [1.807, 2.05) is 20.8 Å². The standard InChI is InChI=1S/C22H24.C2H6.C2H2/c1-7-11-18-12-10-13-20-19(9-3)21(14-15(4)8-2)16(5)17(6)22(18)20;2*1-2/h7-14H,5-6H2,1-4H3;1-2H3;1-2H/b11-7-,15-8-,19-9-,21-14+;;. The second-order valence-corrected chi connectivity index (χ2v) is 5.52. The van der Waals surface area contributed by atoms with Gasteiger partial charge in [0, 0.05) is 0 Å². The molecule has 2 aromatic rings. The van der Waals surface area contributed by atoms with E-state index in [2.05, 4.69) is 95.4 Å². The molecule has 0 heterocycles. The lowest BCUT2D eigenvalue weighted by Gasteiger charge is -2.07. The van der Waals surface area contributed by atoms with Crippen LogP contribution in [0.2, 0.25) is 0 Å². The summed E-state index contributed by atoms with van der Waals surface area (Å²) in [4.78, 5) is 0. The Balaban J connectivity index is 0.00000146. The number of rotatable bonds is 2. The normalized spacial score (nSPS) is 12.5. The van der Waals surface area contributed by atoms with Gasteiger partial charge >= 0.3 is 0 Å². The van der Waals surface area contributed by atoms with Gasteiger partial charge in [0.25, 0.3) is 0 Å². The third-order valence-corrected chi connectivity index (χ3v) is 4.13. The van der Waals surface area contributed by atoms with Crippen LogP contribution in [0.3, 0.4) is 0 Å². The molecule has 0 nitrogen and oxygen atoms in total. The third-order valence-electron chi connectivity index (χ3n) is 4.13. The second kappa shape index (κ2) is 11.7. The Morgan fingerprint density at radius 3 is 2.08 bits per heavy atom. The highest BCUT2D eigenvalue weighted by atomic mass is 14.1. The summed E-state index contributed by atoms with van der Waals surface area (Å²) in [5, 5.41) is 6.89. The Morgan fingerprint density at radius 2 is 1.58 bits per heavy atom. The summed E-state index contributed by atoms with van der Waals surface area (Å²) >= 11 is 0. The highest BCUT2D eigenvalue weighted by Gasteiger charge is 2.04. The van der Waals surface area contributed by atoms with Gasteiger partial charge < -0.3 is 0 Å². The Bertz CT molecular complexity index is 1030. The van der Waals surface area contributed by atoms with Gasteiger partial charge in [-0.3, -0.25) is 0 Å². The molecule has 0 atom stereocenters. The minimum absolute atomic E-state index is 1.01. The Morgan fingerprint density at radius 1 is 0.962 bits per heavy atom. The smallest absolute Gasteiger partial charge is 0.00328 e. The number of hydrogen-bond acceptors (Lipinski definition) is 0. The fraction of sp³-hybridized carbons (Fsp3) is 0.231. The van der Waals surface area contributed by atoms with Crippen LogP contribution in [0.4, 0.5) is 0 Å². The largest absolute Gasteiger partial charge is 0.124 e. The third kappa shape index (κ3) is 4.87. The molecule has 0 fully saturated rings. The number of terminal acetylenes is 1. The van der Waals surface area contributed by atoms with Crippen LogP contribution in [0.15, 0.2) is 35.9 Å². The molecular weight excluding hydrogens is 312 g/mol. The summed E-state index contributed by atoms with van der Waals surface area (Å²) in [6, 6.07) is 6.42.